The first-order valence-electron chi connectivity index (χ1n) is 19.9. The number of imidazole rings is 2. The molecule has 3 heterocycles. The average Bonchev–Trinajstić information content (AvgIpc) is 3.92. The summed E-state index contributed by atoms with van der Waals surface area (Å²) < 4.78 is 4.42. The second-order valence-corrected chi connectivity index (χ2v) is 14.6. The zero-order valence-corrected chi connectivity index (χ0v) is 32.3. The van der Waals surface area contributed by atoms with Gasteiger partial charge in [0.05, 0.1) is 22.1 Å². The van der Waals surface area contributed by atoms with Gasteiger partial charge in [0.25, 0.3) is 0 Å². The number of nitrogens with zero attached hydrogens (tertiary/aromatic N) is 7. The van der Waals surface area contributed by atoms with Crippen molar-refractivity contribution in [2.24, 2.45) is 0 Å². The maximum atomic E-state index is 5.18. The van der Waals surface area contributed by atoms with Gasteiger partial charge >= 0.3 is 0 Å². The molecule has 0 aliphatic carbocycles. The van der Waals surface area contributed by atoms with Crippen LogP contribution in [0.1, 0.15) is 0 Å². The van der Waals surface area contributed by atoms with Crippen molar-refractivity contribution in [1.29, 1.82) is 0 Å². The lowest BCUT2D eigenvalue weighted by Crippen LogP contribution is -2.02. The Kier molecular flexibility index (Phi) is 8.67. The number of aromatic nitrogens is 7. The summed E-state index contributed by atoms with van der Waals surface area (Å²) in [4.78, 5) is 25.6. The van der Waals surface area contributed by atoms with Gasteiger partial charge in [0.2, 0.25) is 0 Å². The zero-order chi connectivity index (χ0) is 39.8. The molecule has 8 aromatic carbocycles. The Balaban J connectivity index is 1.04. The normalized spacial score (nSPS) is 11.3. The van der Waals surface area contributed by atoms with E-state index in [2.05, 4.69) is 161 Å². The van der Waals surface area contributed by atoms with Gasteiger partial charge in [0, 0.05) is 39.2 Å². The lowest BCUT2D eigenvalue weighted by Gasteiger charge is -2.14. The van der Waals surface area contributed by atoms with Crippen LogP contribution in [0, 0.1) is 0 Å². The van der Waals surface area contributed by atoms with Crippen LogP contribution in [0.4, 0.5) is 0 Å². The van der Waals surface area contributed by atoms with E-state index < -0.39 is 0 Å². The Morgan fingerprint density at radius 3 is 1.08 bits per heavy atom. The van der Waals surface area contributed by atoms with Crippen molar-refractivity contribution in [1.82, 2.24) is 34.1 Å². The van der Waals surface area contributed by atoms with Crippen molar-refractivity contribution < 1.29 is 0 Å². The molecule has 0 bridgehead atoms. The maximum Gasteiger partial charge on any atom is 0.164 e. The summed E-state index contributed by atoms with van der Waals surface area (Å²) in [5.41, 5.74) is 12.8. The highest BCUT2D eigenvalue weighted by molar-refractivity contribution is 5.86. The molecular formula is C53H35N7. The highest BCUT2D eigenvalue weighted by Crippen LogP contribution is 2.35. The molecule has 11 aromatic rings. The predicted octanol–water partition coefficient (Wildman–Crippen LogP) is 12.6. The van der Waals surface area contributed by atoms with Gasteiger partial charge in [-0.2, -0.15) is 0 Å². The molecule has 0 N–H and O–H groups in total. The molecule has 11 rings (SSSR count). The first-order valence-corrected chi connectivity index (χ1v) is 19.9. The van der Waals surface area contributed by atoms with Gasteiger partial charge in [0.15, 0.2) is 17.5 Å². The lowest BCUT2D eigenvalue weighted by molar-refractivity contribution is 1.07. The standard InChI is InChI=1S/C53H35N7/c1-4-16-36(17-5-1)43-22-10-11-23-44(43)51-57-49(37-28-32-41(33-29-37)59-47-26-14-12-24-45(47)54-52(59)39-18-6-2-7-19-39)56-50(58-51)38-30-34-42(35-31-38)60-48-27-15-13-25-46(48)55-53(60)40-20-8-3-9-21-40/h1-35H. The molecule has 0 aliphatic rings. The Bertz CT molecular complexity index is 3100. The van der Waals surface area contributed by atoms with Gasteiger partial charge in [-0.1, -0.05) is 140 Å². The van der Waals surface area contributed by atoms with Crippen LogP contribution in [0.5, 0.6) is 0 Å². The van der Waals surface area contributed by atoms with E-state index in [-0.39, 0.29) is 0 Å². The summed E-state index contributed by atoms with van der Waals surface area (Å²) in [5.74, 6) is 3.53. The van der Waals surface area contributed by atoms with Crippen molar-refractivity contribution >= 4 is 22.1 Å². The summed E-state index contributed by atoms with van der Waals surface area (Å²) in [5, 5.41) is 0. The third-order valence-electron chi connectivity index (χ3n) is 10.8. The van der Waals surface area contributed by atoms with Crippen molar-refractivity contribution in [2.45, 2.75) is 0 Å². The fraction of sp³-hybridized carbons (Fsp3) is 0. The summed E-state index contributed by atoms with van der Waals surface area (Å²) in [6, 6.07) is 72.6. The third-order valence-corrected chi connectivity index (χ3v) is 10.8. The van der Waals surface area contributed by atoms with Crippen molar-refractivity contribution in [3.63, 3.8) is 0 Å². The van der Waals surface area contributed by atoms with Gasteiger partial charge in [-0.15, -0.1) is 0 Å². The molecule has 0 radical (unpaired) electrons. The molecule has 0 amide bonds. The molecule has 282 valence electrons. The number of para-hydroxylation sites is 4. The van der Waals surface area contributed by atoms with Gasteiger partial charge in [-0.3, -0.25) is 9.13 Å². The van der Waals surface area contributed by atoms with Gasteiger partial charge in [-0.25, -0.2) is 24.9 Å². The van der Waals surface area contributed by atoms with Crippen LogP contribution >= 0.6 is 0 Å². The van der Waals surface area contributed by atoms with Crippen LogP contribution in [0.3, 0.4) is 0 Å². The summed E-state index contributed by atoms with van der Waals surface area (Å²) in [6.07, 6.45) is 0. The second kappa shape index (κ2) is 14.9. The molecule has 3 aromatic heterocycles. The van der Waals surface area contributed by atoms with E-state index in [0.717, 1.165) is 84.0 Å². The predicted molar refractivity (Wildman–Crippen MR) is 242 cm³/mol. The molecule has 0 aliphatic heterocycles. The fourth-order valence-corrected chi connectivity index (χ4v) is 7.96. The summed E-state index contributed by atoms with van der Waals surface area (Å²) in [6.45, 7) is 0. The molecule has 0 unspecified atom stereocenters. The minimum Gasteiger partial charge on any atom is -0.292 e. The topological polar surface area (TPSA) is 74.3 Å². The number of hydrogen-bond donors (Lipinski definition) is 0. The monoisotopic (exact) mass is 769 g/mol. The molecule has 0 saturated carbocycles. The van der Waals surface area contributed by atoms with Crippen molar-refractivity contribution in [3.05, 3.63) is 212 Å². The van der Waals surface area contributed by atoms with E-state index in [1.807, 2.05) is 60.7 Å². The van der Waals surface area contributed by atoms with Gasteiger partial charge < -0.3 is 0 Å². The van der Waals surface area contributed by atoms with Crippen LogP contribution in [-0.4, -0.2) is 34.1 Å². The molecule has 0 spiro atoms. The molecule has 7 heteroatoms. The van der Waals surface area contributed by atoms with Crippen molar-refractivity contribution in [3.8, 4) is 79.4 Å². The SMILES string of the molecule is c1ccc(-c2ccccc2-c2nc(-c3ccc(-n4c(-c5ccccc5)nc5ccccc54)cc3)nc(-c3ccc(-n4c(-c5ccccc5)nc5ccccc54)cc3)n2)cc1. The quantitative estimate of drug-likeness (QED) is 0.154. The Morgan fingerprint density at radius 1 is 0.250 bits per heavy atom. The van der Waals surface area contributed by atoms with E-state index in [0.29, 0.717) is 17.5 Å². The number of hydrogen-bond acceptors (Lipinski definition) is 5. The van der Waals surface area contributed by atoms with E-state index in [1.54, 1.807) is 0 Å². The van der Waals surface area contributed by atoms with Crippen molar-refractivity contribution in [2.75, 3.05) is 0 Å². The van der Waals surface area contributed by atoms with Crippen LogP contribution in [0.2, 0.25) is 0 Å². The van der Waals surface area contributed by atoms with Crippen LogP contribution in [-0.2, 0) is 0 Å². The summed E-state index contributed by atoms with van der Waals surface area (Å²) >= 11 is 0. The van der Waals surface area contributed by atoms with Gasteiger partial charge in [0.1, 0.15) is 11.6 Å². The first-order chi connectivity index (χ1) is 29.7. The Labute approximate surface area is 346 Å². The highest BCUT2D eigenvalue weighted by Gasteiger charge is 2.19. The largest absolute Gasteiger partial charge is 0.292 e. The van der Waals surface area contributed by atoms with E-state index in [1.165, 1.54) is 0 Å². The first kappa shape index (κ1) is 34.9. The Hall–Kier alpha value is -8.29. The minimum absolute atomic E-state index is 0.583. The van der Waals surface area contributed by atoms with Gasteiger partial charge in [-0.05, 0) is 83.9 Å². The third kappa shape index (κ3) is 6.31. The van der Waals surface area contributed by atoms with E-state index in [4.69, 9.17) is 24.9 Å². The number of fused-ring (bicyclic) bond motifs is 2. The molecular weight excluding hydrogens is 735 g/mol. The molecule has 0 atom stereocenters. The molecule has 60 heavy (non-hydrogen) atoms. The highest BCUT2D eigenvalue weighted by atomic mass is 15.1. The maximum absolute atomic E-state index is 5.18. The minimum atomic E-state index is 0.583. The summed E-state index contributed by atoms with van der Waals surface area (Å²) in [7, 11) is 0. The van der Waals surface area contributed by atoms with E-state index in [9.17, 15) is 0 Å². The fourth-order valence-electron chi connectivity index (χ4n) is 7.96. The zero-order valence-electron chi connectivity index (χ0n) is 32.3. The van der Waals surface area contributed by atoms with Crippen LogP contribution < -0.4 is 0 Å². The molecule has 0 saturated heterocycles. The lowest BCUT2D eigenvalue weighted by atomic mass is 9.99. The number of rotatable bonds is 8. The molecule has 7 nitrogen and oxygen atoms in total. The smallest absolute Gasteiger partial charge is 0.164 e. The number of benzene rings is 8. The molecule has 0 fully saturated rings. The van der Waals surface area contributed by atoms with E-state index >= 15 is 0 Å². The average molecular weight is 770 g/mol. The Morgan fingerprint density at radius 2 is 0.617 bits per heavy atom. The van der Waals surface area contributed by atoms with Crippen LogP contribution in [0.25, 0.3) is 102 Å². The van der Waals surface area contributed by atoms with Crippen LogP contribution in [0.15, 0.2) is 212 Å². The second-order valence-electron chi connectivity index (χ2n) is 14.6.